The minimum absolute atomic E-state index is 0.0875. The maximum absolute atomic E-state index is 11.3. The summed E-state index contributed by atoms with van der Waals surface area (Å²) in [7, 11) is 0. The summed E-state index contributed by atoms with van der Waals surface area (Å²) in [6, 6.07) is 17.7. The van der Waals surface area contributed by atoms with Gasteiger partial charge in [-0.1, -0.05) is 48.5 Å². The molecule has 0 radical (unpaired) electrons. The Kier molecular flexibility index (Phi) is 3.42. The van der Waals surface area contributed by atoms with Crippen LogP contribution in [0, 0.1) is 0 Å². The Morgan fingerprint density at radius 2 is 1.80 bits per heavy atom. The summed E-state index contributed by atoms with van der Waals surface area (Å²) >= 11 is 0. The molecule has 0 saturated carbocycles. The fourth-order valence-corrected chi connectivity index (χ4v) is 2.56. The van der Waals surface area contributed by atoms with Gasteiger partial charge in [-0.2, -0.15) is 0 Å². The quantitative estimate of drug-likeness (QED) is 0.777. The van der Waals surface area contributed by atoms with Gasteiger partial charge in [0.2, 0.25) is 0 Å². The van der Waals surface area contributed by atoms with Crippen molar-refractivity contribution in [1.82, 2.24) is 0 Å². The fourth-order valence-electron chi connectivity index (χ4n) is 2.56. The van der Waals surface area contributed by atoms with Gasteiger partial charge in [-0.05, 0) is 11.6 Å². The lowest BCUT2D eigenvalue weighted by atomic mass is 9.95. The molecular formula is C17H16O3. The molecule has 0 amide bonds. The van der Waals surface area contributed by atoms with E-state index in [1.54, 1.807) is 0 Å². The lowest BCUT2D eigenvalue weighted by Crippen LogP contribution is -2.22. The second kappa shape index (κ2) is 5.37. The van der Waals surface area contributed by atoms with E-state index < -0.39 is 0 Å². The molecule has 2 aromatic rings. The fraction of sp³-hybridized carbons (Fsp3) is 0.235. The molecule has 20 heavy (non-hydrogen) atoms. The molecule has 1 heterocycles. The smallest absolute Gasteiger partial charge is 0.303 e. The van der Waals surface area contributed by atoms with Crippen LogP contribution in [0.3, 0.4) is 0 Å². The largest absolute Gasteiger partial charge is 0.485 e. The standard InChI is InChI=1S/C17H16O3/c1-12(18)19-17-11-16(13-7-3-2-4-8-13)20-15-10-6-5-9-14(15)17/h2-10,16-17H,11H2,1H3/t16-,17-/m0/s1. The first kappa shape index (κ1) is 12.7. The Morgan fingerprint density at radius 1 is 1.10 bits per heavy atom. The maximum atomic E-state index is 11.3. The molecule has 3 nitrogen and oxygen atoms in total. The van der Waals surface area contributed by atoms with Crippen LogP contribution < -0.4 is 4.74 Å². The predicted molar refractivity (Wildman–Crippen MR) is 75.4 cm³/mol. The zero-order valence-electron chi connectivity index (χ0n) is 11.3. The topological polar surface area (TPSA) is 35.5 Å². The van der Waals surface area contributed by atoms with Crippen LogP contribution in [0.25, 0.3) is 0 Å². The van der Waals surface area contributed by atoms with Crippen LogP contribution in [0.5, 0.6) is 5.75 Å². The van der Waals surface area contributed by atoms with Gasteiger partial charge in [-0.25, -0.2) is 0 Å². The molecule has 1 aliphatic rings. The van der Waals surface area contributed by atoms with Crippen LogP contribution in [0.15, 0.2) is 54.6 Å². The number of carbonyl (C=O) groups is 1. The molecule has 2 aromatic carbocycles. The first-order valence-electron chi connectivity index (χ1n) is 6.72. The highest BCUT2D eigenvalue weighted by molar-refractivity contribution is 5.66. The van der Waals surface area contributed by atoms with E-state index in [0.29, 0.717) is 6.42 Å². The third-order valence-corrected chi connectivity index (χ3v) is 3.44. The Labute approximate surface area is 118 Å². The first-order chi connectivity index (χ1) is 9.74. The van der Waals surface area contributed by atoms with Crippen LogP contribution in [0.1, 0.15) is 36.7 Å². The SMILES string of the molecule is CC(=O)O[C@H]1C[C@@H](c2ccccc2)Oc2ccccc21. The van der Waals surface area contributed by atoms with Crippen molar-refractivity contribution in [2.24, 2.45) is 0 Å². The van der Waals surface area contributed by atoms with Crippen LogP contribution in [0.4, 0.5) is 0 Å². The first-order valence-corrected chi connectivity index (χ1v) is 6.72. The molecule has 0 spiro atoms. The van der Waals surface area contributed by atoms with E-state index in [2.05, 4.69) is 0 Å². The third kappa shape index (κ3) is 2.52. The van der Waals surface area contributed by atoms with Gasteiger partial charge in [0.05, 0.1) is 0 Å². The van der Waals surface area contributed by atoms with Gasteiger partial charge in [0.1, 0.15) is 18.0 Å². The van der Waals surface area contributed by atoms with Gasteiger partial charge in [0, 0.05) is 18.9 Å². The van der Waals surface area contributed by atoms with Gasteiger partial charge in [-0.15, -0.1) is 0 Å². The molecule has 3 rings (SSSR count). The van der Waals surface area contributed by atoms with E-state index in [1.165, 1.54) is 6.92 Å². The molecule has 0 aromatic heterocycles. The van der Waals surface area contributed by atoms with Gasteiger partial charge in [0.15, 0.2) is 0 Å². The maximum Gasteiger partial charge on any atom is 0.303 e. The molecule has 0 unspecified atom stereocenters. The second-order valence-corrected chi connectivity index (χ2v) is 4.89. The van der Waals surface area contributed by atoms with Crippen molar-refractivity contribution in [3.05, 3.63) is 65.7 Å². The van der Waals surface area contributed by atoms with E-state index in [4.69, 9.17) is 9.47 Å². The van der Waals surface area contributed by atoms with Crippen LogP contribution in [-0.2, 0) is 9.53 Å². The highest BCUT2D eigenvalue weighted by Crippen LogP contribution is 2.42. The van der Waals surface area contributed by atoms with Crippen molar-refractivity contribution >= 4 is 5.97 Å². The van der Waals surface area contributed by atoms with Crippen LogP contribution >= 0.6 is 0 Å². The normalized spacial score (nSPS) is 20.6. The predicted octanol–water partition coefficient (Wildman–Crippen LogP) is 3.81. The Bertz CT molecular complexity index is 607. The molecule has 3 heteroatoms. The third-order valence-electron chi connectivity index (χ3n) is 3.44. The van der Waals surface area contributed by atoms with E-state index in [9.17, 15) is 4.79 Å². The average Bonchev–Trinajstić information content (AvgIpc) is 2.47. The van der Waals surface area contributed by atoms with Crippen molar-refractivity contribution in [3.8, 4) is 5.75 Å². The minimum Gasteiger partial charge on any atom is -0.485 e. The number of ether oxygens (including phenoxy) is 2. The summed E-state index contributed by atoms with van der Waals surface area (Å²) in [6.07, 6.45) is 0.304. The zero-order valence-corrected chi connectivity index (χ0v) is 11.3. The zero-order chi connectivity index (χ0) is 13.9. The van der Waals surface area contributed by atoms with Crippen LogP contribution in [0.2, 0.25) is 0 Å². The summed E-state index contributed by atoms with van der Waals surface area (Å²) in [5.74, 6) is 0.525. The molecular weight excluding hydrogens is 252 g/mol. The lowest BCUT2D eigenvalue weighted by Gasteiger charge is -2.31. The molecule has 102 valence electrons. The second-order valence-electron chi connectivity index (χ2n) is 4.89. The molecule has 0 saturated heterocycles. The highest BCUT2D eigenvalue weighted by atomic mass is 16.6. The Hall–Kier alpha value is -2.29. The van der Waals surface area contributed by atoms with Gasteiger partial charge >= 0.3 is 5.97 Å². The number of carbonyl (C=O) groups excluding carboxylic acids is 1. The van der Waals surface area contributed by atoms with Gasteiger partial charge in [-0.3, -0.25) is 4.79 Å². The Morgan fingerprint density at radius 3 is 2.55 bits per heavy atom. The number of hydrogen-bond donors (Lipinski definition) is 0. The van der Waals surface area contributed by atoms with E-state index in [0.717, 1.165) is 16.9 Å². The Balaban J connectivity index is 1.94. The molecule has 0 bridgehead atoms. The lowest BCUT2D eigenvalue weighted by molar-refractivity contribution is -0.149. The number of benzene rings is 2. The number of rotatable bonds is 2. The van der Waals surface area contributed by atoms with E-state index in [-0.39, 0.29) is 18.2 Å². The van der Waals surface area contributed by atoms with Gasteiger partial charge < -0.3 is 9.47 Å². The van der Waals surface area contributed by atoms with E-state index in [1.807, 2.05) is 54.6 Å². The van der Waals surface area contributed by atoms with Crippen molar-refractivity contribution in [3.63, 3.8) is 0 Å². The number of fused-ring (bicyclic) bond motifs is 1. The van der Waals surface area contributed by atoms with Crippen molar-refractivity contribution in [2.45, 2.75) is 25.6 Å². The molecule has 0 N–H and O–H groups in total. The molecule has 0 aliphatic carbocycles. The molecule has 0 fully saturated rings. The monoisotopic (exact) mass is 268 g/mol. The molecule has 1 aliphatic heterocycles. The number of hydrogen-bond acceptors (Lipinski definition) is 3. The highest BCUT2D eigenvalue weighted by Gasteiger charge is 2.30. The van der Waals surface area contributed by atoms with Crippen molar-refractivity contribution < 1.29 is 14.3 Å². The summed E-state index contributed by atoms with van der Waals surface area (Å²) in [5, 5.41) is 0. The van der Waals surface area contributed by atoms with Crippen LogP contribution in [-0.4, -0.2) is 5.97 Å². The van der Waals surface area contributed by atoms with Crippen molar-refractivity contribution in [1.29, 1.82) is 0 Å². The average molecular weight is 268 g/mol. The summed E-state index contributed by atoms with van der Waals surface area (Å²) < 4.78 is 11.5. The summed E-state index contributed by atoms with van der Waals surface area (Å²) in [6.45, 7) is 1.44. The summed E-state index contributed by atoms with van der Waals surface area (Å²) in [5.41, 5.74) is 2.04. The number of esters is 1. The summed E-state index contributed by atoms with van der Waals surface area (Å²) in [4.78, 5) is 11.3. The minimum atomic E-state index is -0.265. The molecule has 2 atom stereocenters. The van der Waals surface area contributed by atoms with E-state index >= 15 is 0 Å². The van der Waals surface area contributed by atoms with Crippen molar-refractivity contribution in [2.75, 3.05) is 0 Å². The van der Waals surface area contributed by atoms with Gasteiger partial charge in [0.25, 0.3) is 0 Å². The number of para-hydroxylation sites is 1.